The van der Waals surface area contributed by atoms with Gasteiger partial charge in [-0.25, -0.2) is 4.39 Å². The molecule has 0 spiro atoms. The third-order valence-electron chi connectivity index (χ3n) is 7.27. The lowest BCUT2D eigenvalue weighted by Gasteiger charge is -2.36. The van der Waals surface area contributed by atoms with Crippen LogP contribution in [0.25, 0.3) is 10.9 Å². The standard InChI is InChI=1S/C25H25FN6O3/c26-19-10-18-15(14-32(25(18)35)21-1-2-23(33)29-24(21)34)9-22(19)31-7-5-30(6-8-31)13-16-11-28-20-12-27-4-3-17(16)20/h3-4,9-12,21,28H,1-2,5-8,13-14H2,(H,29,33,34). The molecular weight excluding hydrogens is 451 g/mol. The van der Waals surface area contributed by atoms with E-state index in [2.05, 4.69) is 20.2 Å². The molecule has 180 valence electrons. The summed E-state index contributed by atoms with van der Waals surface area (Å²) in [6.45, 7) is 3.96. The number of piperazine rings is 1. The first-order valence-corrected chi connectivity index (χ1v) is 11.8. The minimum atomic E-state index is -0.706. The number of carbonyl (C=O) groups excluding carboxylic acids is 3. The molecule has 2 aromatic heterocycles. The second kappa shape index (κ2) is 8.46. The number of hydrogen-bond acceptors (Lipinski definition) is 6. The smallest absolute Gasteiger partial charge is 0.255 e. The van der Waals surface area contributed by atoms with Crippen molar-refractivity contribution in [2.45, 2.75) is 32.0 Å². The van der Waals surface area contributed by atoms with E-state index in [9.17, 15) is 14.4 Å². The van der Waals surface area contributed by atoms with Crippen molar-refractivity contribution >= 4 is 34.3 Å². The topological polar surface area (TPSA) is 102 Å². The molecule has 35 heavy (non-hydrogen) atoms. The van der Waals surface area contributed by atoms with E-state index < -0.39 is 17.8 Å². The summed E-state index contributed by atoms with van der Waals surface area (Å²) < 4.78 is 15.1. The molecular formula is C25H25FN6O3. The van der Waals surface area contributed by atoms with E-state index in [1.54, 1.807) is 12.3 Å². The summed E-state index contributed by atoms with van der Waals surface area (Å²) in [5, 5.41) is 3.46. The Bertz CT molecular complexity index is 1350. The van der Waals surface area contributed by atoms with Crippen molar-refractivity contribution in [3.05, 3.63) is 59.3 Å². The van der Waals surface area contributed by atoms with Crippen LogP contribution in [-0.4, -0.2) is 69.7 Å². The van der Waals surface area contributed by atoms with Gasteiger partial charge in [-0.2, -0.15) is 0 Å². The highest BCUT2D eigenvalue weighted by atomic mass is 19.1. The van der Waals surface area contributed by atoms with E-state index in [0.29, 0.717) is 29.9 Å². The Morgan fingerprint density at radius 1 is 1.11 bits per heavy atom. The SMILES string of the molecule is O=C1CCC(N2Cc3cc(N4CCN(Cc5c[nH]c6cnccc56)CC4)c(F)cc3C2=O)C(=O)N1. The fourth-order valence-electron chi connectivity index (χ4n) is 5.37. The Balaban J connectivity index is 1.14. The largest absolute Gasteiger partial charge is 0.367 e. The van der Waals surface area contributed by atoms with Crippen LogP contribution in [-0.2, 0) is 22.7 Å². The summed E-state index contributed by atoms with van der Waals surface area (Å²) in [6, 6.07) is 4.35. The first-order chi connectivity index (χ1) is 17.0. The maximum atomic E-state index is 15.1. The highest BCUT2D eigenvalue weighted by Crippen LogP contribution is 2.33. The number of anilines is 1. The maximum Gasteiger partial charge on any atom is 0.255 e. The number of rotatable bonds is 4. The van der Waals surface area contributed by atoms with Gasteiger partial charge < -0.3 is 14.8 Å². The van der Waals surface area contributed by atoms with Crippen molar-refractivity contribution < 1.29 is 18.8 Å². The number of aromatic amines is 1. The van der Waals surface area contributed by atoms with Crippen LogP contribution in [0.3, 0.4) is 0 Å². The van der Waals surface area contributed by atoms with Crippen molar-refractivity contribution in [3.63, 3.8) is 0 Å². The van der Waals surface area contributed by atoms with Crippen LogP contribution in [0, 0.1) is 5.82 Å². The first-order valence-electron chi connectivity index (χ1n) is 11.8. The maximum absolute atomic E-state index is 15.1. The lowest BCUT2D eigenvalue weighted by Crippen LogP contribution is -2.52. The van der Waals surface area contributed by atoms with Crippen molar-refractivity contribution in [1.82, 2.24) is 25.1 Å². The Morgan fingerprint density at radius 2 is 1.94 bits per heavy atom. The second-order valence-electron chi connectivity index (χ2n) is 9.36. The molecule has 0 saturated carbocycles. The number of aromatic nitrogens is 2. The summed E-state index contributed by atoms with van der Waals surface area (Å²) in [6.07, 6.45) is 6.11. The third-order valence-corrected chi connectivity index (χ3v) is 7.27. The van der Waals surface area contributed by atoms with Crippen LogP contribution in [0.4, 0.5) is 10.1 Å². The van der Waals surface area contributed by atoms with Gasteiger partial charge in [0.1, 0.15) is 11.9 Å². The molecule has 3 aromatic rings. The van der Waals surface area contributed by atoms with Crippen molar-refractivity contribution in [2.24, 2.45) is 0 Å². The second-order valence-corrected chi connectivity index (χ2v) is 9.36. The van der Waals surface area contributed by atoms with Crippen LogP contribution in [0.15, 0.2) is 36.8 Å². The number of piperidine rings is 1. The monoisotopic (exact) mass is 476 g/mol. The molecule has 2 N–H and O–H groups in total. The average molecular weight is 477 g/mol. The minimum absolute atomic E-state index is 0.190. The molecule has 1 aromatic carbocycles. The predicted octanol–water partition coefficient (Wildman–Crippen LogP) is 1.79. The molecule has 10 heteroatoms. The number of nitrogens with zero attached hydrogens (tertiary/aromatic N) is 4. The third kappa shape index (κ3) is 3.83. The molecule has 2 saturated heterocycles. The number of benzene rings is 1. The number of H-pyrrole nitrogens is 1. The van der Waals surface area contributed by atoms with Crippen LogP contribution >= 0.6 is 0 Å². The fourth-order valence-corrected chi connectivity index (χ4v) is 5.37. The van der Waals surface area contributed by atoms with Gasteiger partial charge >= 0.3 is 0 Å². The normalized spacial score (nSPS) is 21.1. The summed E-state index contributed by atoms with van der Waals surface area (Å²) >= 11 is 0. The van der Waals surface area contributed by atoms with Crippen molar-refractivity contribution in [3.8, 4) is 0 Å². The van der Waals surface area contributed by atoms with E-state index in [1.165, 1.54) is 16.5 Å². The quantitative estimate of drug-likeness (QED) is 0.557. The van der Waals surface area contributed by atoms with Gasteiger partial charge in [0.05, 0.1) is 17.4 Å². The predicted molar refractivity (Wildman–Crippen MR) is 126 cm³/mol. The minimum Gasteiger partial charge on any atom is -0.367 e. The molecule has 9 nitrogen and oxygen atoms in total. The summed E-state index contributed by atoms with van der Waals surface area (Å²) in [7, 11) is 0. The van der Waals surface area contributed by atoms with Gasteiger partial charge in [0.25, 0.3) is 5.91 Å². The average Bonchev–Trinajstić information content (AvgIpc) is 3.40. The van der Waals surface area contributed by atoms with Crippen LogP contribution in [0.2, 0.25) is 0 Å². The lowest BCUT2D eigenvalue weighted by molar-refractivity contribution is -0.136. The Morgan fingerprint density at radius 3 is 2.74 bits per heavy atom. The molecule has 5 heterocycles. The number of halogens is 1. The number of hydrogen-bond donors (Lipinski definition) is 2. The zero-order valence-electron chi connectivity index (χ0n) is 19.1. The number of nitrogens with one attached hydrogen (secondary N) is 2. The van der Waals surface area contributed by atoms with Crippen LogP contribution in [0.1, 0.15) is 34.3 Å². The number of pyridine rings is 1. The number of carbonyl (C=O) groups is 3. The molecule has 3 aliphatic rings. The molecule has 2 fully saturated rings. The molecule has 6 rings (SSSR count). The lowest BCUT2D eigenvalue weighted by atomic mass is 10.0. The van der Waals surface area contributed by atoms with E-state index in [0.717, 1.165) is 30.5 Å². The van der Waals surface area contributed by atoms with Gasteiger partial charge in [-0.15, -0.1) is 0 Å². The molecule has 3 aliphatic heterocycles. The molecule has 1 atom stereocenters. The van der Waals surface area contributed by atoms with Gasteiger partial charge in [-0.3, -0.25) is 29.6 Å². The molecule has 1 unspecified atom stereocenters. The Kier molecular flexibility index (Phi) is 5.25. The molecule has 0 radical (unpaired) electrons. The van der Waals surface area contributed by atoms with Gasteiger partial charge in [0.2, 0.25) is 11.8 Å². The molecule has 0 bridgehead atoms. The number of amides is 3. The summed E-state index contributed by atoms with van der Waals surface area (Å²) in [5.74, 6) is -1.59. The number of fused-ring (bicyclic) bond motifs is 2. The van der Waals surface area contributed by atoms with E-state index in [1.807, 2.05) is 23.4 Å². The van der Waals surface area contributed by atoms with Gasteiger partial charge in [0, 0.05) is 69.0 Å². The van der Waals surface area contributed by atoms with Gasteiger partial charge in [0.15, 0.2) is 0 Å². The van der Waals surface area contributed by atoms with Crippen LogP contribution in [0.5, 0.6) is 0 Å². The zero-order chi connectivity index (χ0) is 24.1. The van der Waals surface area contributed by atoms with Crippen molar-refractivity contribution in [2.75, 3.05) is 31.1 Å². The highest BCUT2D eigenvalue weighted by Gasteiger charge is 2.40. The van der Waals surface area contributed by atoms with Crippen molar-refractivity contribution in [1.29, 1.82) is 0 Å². The zero-order valence-corrected chi connectivity index (χ0v) is 19.1. The molecule has 3 amide bonds. The van der Waals surface area contributed by atoms with Gasteiger partial charge in [-0.05, 0) is 35.7 Å². The summed E-state index contributed by atoms with van der Waals surface area (Å²) in [5.41, 5.74) is 3.72. The summed E-state index contributed by atoms with van der Waals surface area (Å²) in [4.78, 5) is 49.9. The van der Waals surface area contributed by atoms with E-state index >= 15 is 4.39 Å². The van der Waals surface area contributed by atoms with Crippen LogP contribution < -0.4 is 10.2 Å². The van der Waals surface area contributed by atoms with E-state index in [4.69, 9.17) is 0 Å². The fraction of sp³-hybridized carbons (Fsp3) is 0.360. The Hall–Kier alpha value is -3.79. The number of imide groups is 1. The van der Waals surface area contributed by atoms with E-state index in [-0.39, 0.29) is 31.2 Å². The van der Waals surface area contributed by atoms with Gasteiger partial charge in [-0.1, -0.05) is 0 Å². The highest BCUT2D eigenvalue weighted by molar-refractivity contribution is 6.05. The molecule has 0 aliphatic carbocycles. The first kappa shape index (κ1) is 21.7. The Labute approximate surface area is 200 Å².